The Hall–Kier alpha value is -0.350. The first kappa shape index (κ1) is 17.0. The first-order chi connectivity index (χ1) is 9.86. The molecule has 0 saturated heterocycles. The quantitative estimate of drug-likeness (QED) is 0.856. The van der Waals surface area contributed by atoms with Crippen LogP contribution in [0.15, 0.2) is 4.47 Å². The molecule has 2 rings (SSSR count). The number of nitrogens with zero attached hydrogens (tertiary/aromatic N) is 2. The highest BCUT2D eigenvalue weighted by atomic mass is 79.9. The van der Waals surface area contributed by atoms with Crippen LogP contribution in [0.3, 0.4) is 0 Å². The standard InChI is InChI=1S/C17H30BrN3/c1-6-19-14(13-9-7-8-10-17(13,3)4)11-15-16(18)12(2)20-21(15)5/h13-14,19H,6-11H2,1-5H3. The third-order valence-electron chi connectivity index (χ3n) is 5.22. The topological polar surface area (TPSA) is 29.9 Å². The second-order valence-corrected chi connectivity index (χ2v) is 7.97. The second-order valence-electron chi connectivity index (χ2n) is 7.18. The molecule has 1 heterocycles. The lowest BCUT2D eigenvalue weighted by Gasteiger charge is -2.43. The van der Waals surface area contributed by atoms with Crippen LogP contribution in [0.2, 0.25) is 0 Å². The third kappa shape index (κ3) is 3.70. The molecule has 1 N–H and O–H groups in total. The van der Waals surface area contributed by atoms with Gasteiger partial charge in [-0.15, -0.1) is 0 Å². The average molecular weight is 356 g/mol. The zero-order valence-corrected chi connectivity index (χ0v) is 15.8. The summed E-state index contributed by atoms with van der Waals surface area (Å²) < 4.78 is 3.22. The van der Waals surface area contributed by atoms with Gasteiger partial charge >= 0.3 is 0 Å². The predicted molar refractivity (Wildman–Crippen MR) is 92.6 cm³/mol. The maximum absolute atomic E-state index is 4.55. The normalized spacial score (nSPS) is 23.2. The van der Waals surface area contributed by atoms with Crippen LogP contribution in [0, 0.1) is 18.3 Å². The van der Waals surface area contributed by atoms with Crippen LogP contribution in [0.1, 0.15) is 57.8 Å². The Morgan fingerprint density at radius 3 is 2.67 bits per heavy atom. The third-order valence-corrected chi connectivity index (χ3v) is 6.25. The van der Waals surface area contributed by atoms with E-state index in [1.807, 2.05) is 4.68 Å². The number of aromatic nitrogens is 2. The van der Waals surface area contributed by atoms with E-state index in [2.05, 4.69) is 61.1 Å². The van der Waals surface area contributed by atoms with Gasteiger partial charge in [-0.1, -0.05) is 33.6 Å². The van der Waals surface area contributed by atoms with Crippen molar-refractivity contribution in [1.82, 2.24) is 15.1 Å². The summed E-state index contributed by atoms with van der Waals surface area (Å²) in [6.07, 6.45) is 6.52. The molecule has 2 atom stereocenters. The summed E-state index contributed by atoms with van der Waals surface area (Å²) >= 11 is 3.72. The average Bonchev–Trinajstić information content (AvgIpc) is 2.64. The summed E-state index contributed by atoms with van der Waals surface area (Å²) in [6, 6.07) is 0.538. The van der Waals surface area contributed by atoms with Gasteiger partial charge in [-0.05, 0) is 53.6 Å². The Bertz CT molecular complexity index is 479. The molecule has 1 aromatic heterocycles. The molecular weight excluding hydrogens is 326 g/mol. The molecule has 1 aliphatic carbocycles. The van der Waals surface area contributed by atoms with Crippen LogP contribution in [-0.2, 0) is 13.5 Å². The highest BCUT2D eigenvalue weighted by Crippen LogP contribution is 2.43. The number of nitrogens with one attached hydrogen (secondary N) is 1. The Balaban J connectivity index is 2.22. The molecule has 0 bridgehead atoms. The molecule has 0 aliphatic heterocycles. The Morgan fingerprint density at radius 2 is 2.14 bits per heavy atom. The summed E-state index contributed by atoms with van der Waals surface area (Å²) in [7, 11) is 2.06. The van der Waals surface area contributed by atoms with E-state index in [0.29, 0.717) is 11.5 Å². The van der Waals surface area contributed by atoms with Crippen LogP contribution >= 0.6 is 15.9 Å². The van der Waals surface area contributed by atoms with E-state index in [1.54, 1.807) is 0 Å². The number of aryl methyl sites for hydroxylation is 2. The lowest BCUT2D eigenvalue weighted by Crippen LogP contribution is -2.46. The van der Waals surface area contributed by atoms with Crippen molar-refractivity contribution in [3.05, 3.63) is 15.9 Å². The van der Waals surface area contributed by atoms with Gasteiger partial charge < -0.3 is 5.32 Å². The number of likely N-dealkylation sites (N-methyl/N-ethyl adjacent to an activating group) is 1. The van der Waals surface area contributed by atoms with E-state index in [4.69, 9.17) is 0 Å². The fourth-order valence-corrected chi connectivity index (χ4v) is 4.49. The first-order valence-electron chi connectivity index (χ1n) is 8.28. The Morgan fingerprint density at radius 1 is 1.43 bits per heavy atom. The van der Waals surface area contributed by atoms with Gasteiger partial charge in [-0.2, -0.15) is 5.10 Å². The molecule has 0 radical (unpaired) electrons. The highest BCUT2D eigenvalue weighted by molar-refractivity contribution is 9.10. The summed E-state index contributed by atoms with van der Waals surface area (Å²) in [5.74, 6) is 0.744. The van der Waals surface area contributed by atoms with Crippen molar-refractivity contribution < 1.29 is 0 Å². The van der Waals surface area contributed by atoms with Gasteiger partial charge in [0.2, 0.25) is 0 Å². The van der Waals surface area contributed by atoms with Crippen LogP contribution in [0.25, 0.3) is 0 Å². The number of halogens is 1. The fraction of sp³-hybridized carbons (Fsp3) is 0.824. The number of hydrogen-bond acceptors (Lipinski definition) is 2. The SMILES string of the molecule is CCNC(Cc1c(Br)c(C)nn1C)C1CCCCC1(C)C. The van der Waals surface area contributed by atoms with Crippen molar-refractivity contribution in [3.63, 3.8) is 0 Å². The minimum absolute atomic E-state index is 0.436. The zero-order chi connectivity index (χ0) is 15.6. The molecule has 4 heteroatoms. The van der Waals surface area contributed by atoms with Gasteiger partial charge in [0, 0.05) is 19.5 Å². The lowest BCUT2D eigenvalue weighted by atomic mass is 9.65. The predicted octanol–water partition coefficient (Wildman–Crippen LogP) is 4.23. The van der Waals surface area contributed by atoms with E-state index in [1.165, 1.54) is 35.8 Å². The molecule has 1 saturated carbocycles. The van der Waals surface area contributed by atoms with Crippen LogP contribution in [-0.4, -0.2) is 22.4 Å². The Kier molecular flexibility index (Phi) is 5.53. The van der Waals surface area contributed by atoms with E-state index in [9.17, 15) is 0 Å². The van der Waals surface area contributed by atoms with Gasteiger partial charge in [-0.25, -0.2) is 0 Å². The van der Waals surface area contributed by atoms with Gasteiger partial charge in [0.1, 0.15) is 0 Å². The van der Waals surface area contributed by atoms with Crippen molar-refractivity contribution in [2.24, 2.45) is 18.4 Å². The molecule has 1 aliphatic rings. The highest BCUT2D eigenvalue weighted by Gasteiger charge is 2.37. The largest absolute Gasteiger partial charge is 0.314 e. The summed E-state index contributed by atoms with van der Waals surface area (Å²) in [4.78, 5) is 0. The molecule has 0 aromatic carbocycles. The number of hydrogen-bond donors (Lipinski definition) is 1. The molecule has 21 heavy (non-hydrogen) atoms. The van der Waals surface area contributed by atoms with Gasteiger partial charge in [0.15, 0.2) is 0 Å². The Labute approximate surface area is 138 Å². The molecule has 120 valence electrons. The van der Waals surface area contributed by atoms with Crippen molar-refractivity contribution in [3.8, 4) is 0 Å². The zero-order valence-electron chi connectivity index (χ0n) is 14.2. The maximum atomic E-state index is 4.55. The van der Waals surface area contributed by atoms with Gasteiger partial charge in [-0.3, -0.25) is 4.68 Å². The van der Waals surface area contributed by atoms with E-state index < -0.39 is 0 Å². The molecule has 1 fully saturated rings. The van der Waals surface area contributed by atoms with E-state index >= 15 is 0 Å². The van der Waals surface area contributed by atoms with Gasteiger partial charge in [0.05, 0.1) is 15.9 Å². The summed E-state index contributed by atoms with van der Waals surface area (Å²) in [6.45, 7) is 10.2. The van der Waals surface area contributed by atoms with Crippen LogP contribution in [0.4, 0.5) is 0 Å². The summed E-state index contributed by atoms with van der Waals surface area (Å²) in [5.41, 5.74) is 2.84. The molecule has 0 amide bonds. The first-order valence-corrected chi connectivity index (χ1v) is 9.07. The smallest absolute Gasteiger partial charge is 0.0738 e. The molecule has 2 unspecified atom stereocenters. The maximum Gasteiger partial charge on any atom is 0.0738 e. The van der Waals surface area contributed by atoms with Crippen molar-refractivity contribution in [1.29, 1.82) is 0 Å². The molecular formula is C17H30BrN3. The molecule has 3 nitrogen and oxygen atoms in total. The molecule has 0 spiro atoms. The van der Waals surface area contributed by atoms with E-state index in [0.717, 1.165) is 24.6 Å². The number of rotatable bonds is 5. The fourth-order valence-electron chi connectivity index (χ4n) is 4.00. The van der Waals surface area contributed by atoms with Crippen molar-refractivity contribution in [2.45, 2.75) is 65.8 Å². The monoisotopic (exact) mass is 355 g/mol. The van der Waals surface area contributed by atoms with Crippen molar-refractivity contribution in [2.75, 3.05) is 6.54 Å². The second kappa shape index (κ2) is 6.82. The summed E-state index contributed by atoms with van der Waals surface area (Å²) in [5, 5.41) is 8.31. The van der Waals surface area contributed by atoms with Crippen molar-refractivity contribution >= 4 is 15.9 Å². The van der Waals surface area contributed by atoms with Crippen LogP contribution in [0.5, 0.6) is 0 Å². The minimum atomic E-state index is 0.436. The van der Waals surface area contributed by atoms with Gasteiger partial charge in [0.25, 0.3) is 0 Å². The minimum Gasteiger partial charge on any atom is -0.314 e. The van der Waals surface area contributed by atoms with Crippen LogP contribution < -0.4 is 5.32 Å². The van der Waals surface area contributed by atoms with E-state index in [-0.39, 0.29) is 0 Å². The molecule has 1 aromatic rings. The lowest BCUT2D eigenvalue weighted by molar-refractivity contribution is 0.0980.